The minimum Gasteiger partial charge on any atom is -0.320 e. The highest BCUT2D eigenvalue weighted by atomic mass is 79.9. The quantitative estimate of drug-likeness (QED) is 0.543. The molecule has 0 heterocycles. The standard InChI is InChI=1S/C17H18BrF2O3PS/c1-12(9-13-5-3-2-4-6-13)25-11-14-7-8-15(16(18)10-14)17(19,20)24(21,22)23/h2-8,10,12H,9,11H2,1H3,(H2,21,22,23). The molecule has 136 valence electrons. The monoisotopic (exact) mass is 450 g/mol. The van der Waals surface area contributed by atoms with Crippen molar-refractivity contribution >= 4 is 35.3 Å². The molecule has 0 fully saturated rings. The first-order valence-electron chi connectivity index (χ1n) is 7.49. The summed E-state index contributed by atoms with van der Waals surface area (Å²) in [7, 11) is -5.57. The molecular weight excluding hydrogens is 433 g/mol. The maximum Gasteiger partial charge on any atom is 0.399 e. The van der Waals surface area contributed by atoms with Gasteiger partial charge in [0.05, 0.1) is 0 Å². The maximum atomic E-state index is 13.8. The number of rotatable bonds is 7. The highest BCUT2D eigenvalue weighted by Crippen LogP contribution is 2.60. The molecule has 0 aromatic heterocycles. The van der Waals surface area contributed by atoms with Gasteiger partial charge in [-0.1, -0.05) is 65.3 Å². The van der Waals surface area contributed by atoms with Gasteiger partial charge in [0.15, 0.2) is 0 Å². The molecule has 0 aliphatic carbocycles. The lowest BCUT2D eigenvalue weighted by molar-refractivity contribution is 0.0557. The lowest BCUT2D eigenvalue weighted by atomic mass is 10.1. The van der Waals surface area contributed by atoms with Gasteiger partial charge >= 0.3 is 13.3 Å². The van der Waals surface area contributed by atoms with Gasteiger partial charge < -0.3 is 9.79 Å². The van der Waals surface area contributed by atoms with E-state index in [9.17, 15) is 13.3 Å². The van der Waals surface area contributed by atoms with Crippen molar-refractivity contribution in [3.8, 4) is 0 Å². The van der Waals surface area contributed by atoms with E-state index in [2.05, 4.69) is 35.0 Å². The molecule has 0 amide bonds. The summed E-state index contributed by atoms with van der Waals surface area (Å²) < 4.78 is 38.6. The van der Waals surface area contributed by atoms with E-state index in [-0.39, 0.29) is 4.47 Å². The molecule has 2 N–H and O–H groups in total. The van der Waals surface area contributed by atoms with E-state index in [1.165, 1.54) is 17.7 Å². The van der Waals surface area contributed by atoms with Gasteiger partial charge in [0, 0.05) is 21.0 Å². The van der Waals surface area contributed by atoms with Crippen LogP contribution in [0.4, 0.5) is 8.78 Å². The molecule has 0 radical (unpaired) electrons. The molecule has 0 saturated carbocycles. The van der Waals surface area contributed by atoms with E-state index in [4.69, 9.17) is 9.79 Å². The number of halogens is 3. The molecule has 25 heavy (non-hydrogen) atoms. The maximum absolute atomic E-state index is 13.8. The minimum absolute atomic E-state index is 0.00497. The van der Waals surface area contributed by atoms with Gasteiger partial charge in [0.1, 0.15) is 0 Å². The van der Waals surface area contributed by atoms with Crippen molar-refractivity contribution in [3.63, 3.8) is 0 Å². The van der Waals surface area contributed by atoms with Crippen LogP contribution < -0.4 is 0 Å². The van der Waals surface area contributed by atoms with Crippen LogP contribution in [-0.2, 0) is 22.4 Å². The lowest BCUT2D eigenvalue weighted by Crippen LogP contribution is -2.14. The third-order valence-electron chi connectivity index (χ3n) is 3.62. The Labute approximate surface area is 158 Å². The van der Waals surface area contributed by atoms with Gasteiger partial charge in [0.25, 0.3) is 0 Å². The first-order valence-corrected chi connectivity index (χ1v) is 10.9. The summed E-state index contributed by atoms with van der Waals surface area (Å²) in [4.78, 5) is 17.7. The summed E-state index contributed by atoms with van der Waals surface area (Å²) in [6, 6.07) is 14.1. The van der Waals surface area contributed by atoms with E-state index in [1.54, 1.807) is 11.8 Å². The Balaban J connectivity index is 2.02. The van der Waals surface area contributed by atoms with Crippen LogP contribution in [0.3, 0.4) is 0 Å². The Hall–Kier alpha value is -0.720. The second-order valence-corrected chi connectivity index (χ2v) is 9.64. The fourth-order valence-electron chi connectivity index (χ4n) is 2.29. The van der Waals surface area contributed by atoms with Crippen molar-refractivity contribution in [1.82, 2.24) is 0 Å². The summed E-state index contributed by atoms with van der Waals surface area (Å²) in [6.45, 7) is 2.10. The summed E-state index contributed by atoms with van der Waals surface area (Å²) in [5.41, 5.74) is -2.87. The van der Waals surface area contributed by atoms with E-state index in [0.717, 1.165) is 18.1 Å². The number of hydrogen-bond donors (Lipinski definition) is 2. The zero-order valence-electron chi connectivity index (χ0n) is 13.4. The van der Waals surface area contributed by atoms with Crippen LogP contribution in [0.2, 0.25) is 0 Å². The van der Waals surface area contributed by atoms with Crippen LogP contribution >= 0.6 is 35.3 Å². The molecule has 1 atom stereocenters. The van der Waals surface area contributed by atoms with Crippen LogP contribution in [-0.4, -0.2) is 15.0 Å². The van der Waals surface area contributed by atoms with E-state index in [0.29, 0.717) is 11.0 Å². The molecule has 2 aromatic rings. The molecule has 0 aliphatic rings. The molecule has 0 spiro atoms. The van der Waals surface area contributed by atoms with Crippen molar-refractivity contribution in [1.29, 1.82) is 0 Å². The third-order valence-corrected chi connectivity index (χ3v) is 6.49. The van der Waals surface area contributed by atoms with Gasteiger partial charge in [-0.15, -0.1) is 0 Å². The Kier molecular flexibility index (Phi) is 6.85. The Bertz CT molecular complexity index is 768. The molecular formula is C17H18BrF2O3PS. The van der Waals surface area contributed by atoms with Crippen LogP contribution in [0, 0.1) is 0 Å². The molecule has 2 aromatic carbocycles. The number of alkyl halides is 2. The third kappa shape index (κ3) is 5.38. The SMILES string of the molecule is CC(Cc1ccccc1)SCc1ccc(C(F)(F)P(=O)(O)O)c(Br)c1. The average molecular weight is 451 g/mol. The first-order chi connectivity index (χ1) is 11.6. The summed E-state index contributed by atoms with van der Waals surface area (Å²) in [5.74, 6) is 0.619. The Morgan fingerprint density at radius 2 is 1.80 bits per heavy atom. The zero-order valence-corrected chi connectivity index (χ0v) is 16.7. The van der Waals surface area contributed by atoms with E-state index >= 15 is 0 Å². The van der Waals surface area contributed by atoms with E-state index < -0.39 is 18.8 Å². The molecule has 2 rings (SSSR count). The Morgan fingerprint density at radius 3 is 2.36 bits per heavy atom. The van der Waals surface area contributed by atoms with Crippen molar-refractivity contribution in [2.75, 3.05) is 0 Å². The fourth-order valence-corrected chi connectivity index (χ4v) is 4.60. The predicted molar refractivity (Wildman–Crippen MR) is 101 cm³/mol. The molecule has 0 aliphatic heterocycles. The second kappa shape index (κ2) is 8.31. The fraction of sp³-hybridized carbons (Fsp3) is 0.294. The van der Waals surface area contributed by atoms with Crippen LogP contribution in [0.5, 0.6) is 0 Å². The summed E-state index contributed by atoms with van der Waals surface area (Å²) in [5, 5.41) is 0.345. The summed E-state index contributed by atoms with van der Waals surface area (Å²) >= 11 is 4.69. The van der Waals surface area contributed by atoms with Crippen LogP contribution in [0.15, 0.2) is 53.0 Å². The average Bonchev–Trinajstić information content (AvgIpc) is 2.52. The highest BCUT2D eigenvalue weighted by Gasteiger charge is 2.51. The van der Waals surface area contributed by atoms with Crippen molar-refractivity contribution < 1.29 is 23.1 Å². The van der Waals surface area contributed by atoms with Gasteiger partial charge in [0.2, 0.25) is 0 Å². The van der Waals surface area contributed by atoms with Crippen LogP contribution in [0.1, 0.15) is 23.6 Å². The van der Waals surface area contributed by atoms with E-state index in [1.807, 2.05) is 18.2 Å². The van der Waals surface area contributed by atoms with Crippen molar-refractivity contribution in [2.24, 2.45) is 0 Å². The number of hydrogen-bond acceptors (Lipinski definition) is 2. The first kappa shape index (κ1) is 20.6. The molecule has 8 heteroatoms. The molecule has 3 nitrogen and oxygen atoms in total. The van der Waals surface area contributed by atoms with Gasteiger partial charge in [-0.2, -0.15) is 20.5 Å². The zero-order chi connectivity index (χ0) is 18.7. The number of thioether (sulfide) groups is 1. The molecule has 1 unspecified atom stereocenters. The normalized spacial score (nSPS) is 13.7. The van der Waals surface area contributed by atoms with Gasteiger partial charge in [-0.25, -0.2) is 0 Å². The van der Waals surface area contributed by atoms with Crippen LogP contribution in [0.25, 0.3) is 0 Å². The van der Waals surface area contributed by atoms with Crippen molar-refractivity contribution in [2.45, 2.75) is 30.0 Å². The van der Waals surface area contributed by atoms with Gasteiger partial charge in [-0.05, 0) is 23.6 Å². The smallest absolute Gasteiger partial charge is 0.320 e. The van der Waals surface area contributed by atoms with Crippen molar-refractivity contribution in [3.05, 3.63) is 69.7 Å². The highest BCUT2D eigenvalue weighted by molar-refractivity contribution is 9.10. The summed E-state index contributed by atoms with van der Waals surface area (Å²) in [6.07, 6.45) is 0.904. The number of benzene rings is 2. The predicted octanol–water partition coefficient (Wildman–Crippen LogP) is 5.54. The van der Waals surface area contributed by atoms with Gasteiger partial charge in [-0.3, -0.25) is 4.57 Å². The Morgan fingerprint density at radius 1 is 1.16 bits per heavy atom. The second-order valence-electron chi connectivity index (χ2n) is 5.71. The largest absolute Gasteiger partial charge is 0.399 e. The molecule has 0 saturated heterocycles. The minimum atomic E-state index is -5.57. The topological polar surface area (TPSA) is 57.5 Å². The molecule has 0 bridgehead atoms. The lowest BCUT2D eigenvalue weighted by Gasteiger charge is -2.20.